The van der Waals surface area contributed by atoms with E-state index in [1.807, 2.05) is 0 Å². The second-order valence-electron chi connectivity index (χ2n) is 2.52. The molecule has 0 spiro atoms. The van der Waals surface area contributed by atoms with E-state index in [2.05, 4.69) is 9.97 Å². The van der Waals surface area contributed by atoms with Crippen LogP contribution in [0, 0.1) is 17.0 Å². The van der Waals surface area contributed by atoms with Gasteiger partial charge in [-0.1, -0.05) is 0 Å². The van der Waals surface area contributed by atoms with Crippen LogP contribution in [0.25, 0.3) is 0 Å². The van der Waals surface area contributed by atoms with Crippen molar-refractivity contribution in [2.45, 2.75) is 13.8 Å². The average Bonchev–Trinajstić information content (AvgIpc) is 2.01. The number of hydrogen-bond acceptors (Lipinski definition) is 6. The molecule has 2 N–H and O–H groups in total. The molecule has 0 bridgehead atoms. The first kappa shape index (κ1) is 10.2. The highest BCUT2D eigenvalue weighted by molar-refractivity contribution is 5.55. The first-order valence-electron chi connectivity index (χ1n) is 3.97. The van der Waals surface area contributed by atoms with E-state index in [1.165, 1.54) is 6.92 Å². The second-order valence-corrected chi connectivity index (χ2v) is 2.52. The van der Waals surface area contributed by atoms with Gasteiger partial charge in [-0.15, -0.1) is 0 Å². The fourth-order valence-corrected chi connectivity index (χ4v) is 0.982. The largest absolute Gasteiger partial charge is 0.464 e. The van der Waals surface area contributed by atoms with Crippen molar-refractivity contribution in [3.63, 3.8) is 0 Å². The minimum absolute atomic E-state index is 0.0631. The Labute approximate surface area is 80.1 Å². The molecule has 0 aliphatic carbocycles. The van der Waals surface area contributed by atoms with Crippen LogP contribution < -0.4 is 10.5 Å². The minimum atomic E-state index is -0.611. The number of ether oxygens (including phenoxy) is 1. The number of nitrogens with zero attached hydrogens (tertiary/aromatic N) is 3. The molecule has 0 atom stereocenters. The molecule has 14 heavy (non-hydrogen) atoms. The van der Waals surface area contributed by atoms with E-state index >= 15 is 0 Å². The van der Waals surface area contributed by atoms with Gasteiger partial charge in [0.05, 0.1) is 11.5 Å². The van der Waals surface area contributed by atoms with E-state index < -0.39 is 4.92 Å². The van der Waals surface area contributed by atoms with E-state index in [-0.39, 0.29) is 23.2 Å². The van der Waals surface area contributed by atoms with Gasteiger partial charge in [-0.25, -0.2) is 0 Å². The summed E-state index contributed by atoms with van der Waals surface area (Å²) < 4.78 is 4.98. The van der Waals surface area contributed by atoms with Gasteiger partial charge in [0.2, 0.25) is 5.82 Å². The molecule has 0 fully saturated rings. The fraction of sp³-hybridized carbons (Fsp3) is 0.429. The van der Waals surface area contributed by atoms with Gasteiger partial charge in [0.15, 0.2) is 0 Å². The van der Waals surface area contributed by atoms with Gasteiger partial charge in [-0.2, -0.15) is 9.97 Å². The minimum Gasteiger partial charge on any atom is -0.464 e. The van der Waals surface area contributed by atoms with Crippen LogP contribution in [0.15, 0.2) is 0 Å². The summed E-state index contributed by atoms with van der Waals surface area (Å²) in [5.74, 6) is -0.175. The molecule has 0 aliphatic heterocycles. The van der Waals surface area contributed by atoms with E-state index in [1.54, 1.807) is 6.92 Å². The summed E-state index contributed by atoms with van der Waals surface area (Å²) in [7, 11) is 0. The monoisotopic (exact) mass is 198 g/mol. The molecule has 0 saturated heterocycles. The standard InChI is InChI=1S/C7H10N4O3/c1-3-14-7-9-4(2)5(11(12)13)6(8)10-7/h3H2,1-2H3,(H2,8,9,10). The summed E-state index contributed by atoms with van der Waals surface area (Å²) >= 11 is 0. The topological polar surface area (TPSA) is 104 Å². The van der Waals surface area contributed by atoms with Gasteiger partial charge in [0.25, 0.3) is 0 Å². The lowest BCUT2D eigenvalue weighted by molar-refractivity contribution is -0.385. The van der Waals surface area contributed by atoms with E-state index in [0.717, 1.165) is 0 Å². The Hall–Kier alpha value is -1.92. The number of aromatic nitrogens is 2. The quantitative estimate of drug-likeness (QED) is 0.565. The molecule has 76 valence electrons. The molecule has 1 aromatic heterocycles. The van der Waals surface area contributed by atoms with Crippen molar-refractivity contribution >= 4 is 11.5 Å². The fourth-order valence-electron chi connectivity index (χ4n) is 0.982. The van der Waals surface area contributed by atoms with Crippen molar-refractivity contribution in [1.29, 1.82) is 0 Å². The maximum Gasteiger partial charge on any atom is 0.332 e. The number of hydrogen-bond donors (Lipinski definition) is 1. The Morgan fingerprint density at radius 2 is 2.21 bits per heavy atom. The molecule has 0 aliphatic rings. The number of anilines is 1. The average molecular weight is 198 g/mol. The van der Waals surface area contributed by atoms with E-state index in [0.29, 0.717) is 6.61 Å². The Bertz CT molecular complexity index is 343. The zero-order valence-electron chi connectivity index (χ0n) is 7.85. The lowest BCUT2D eigenvalue weighted by atomic mass is 10.3. The van der Waals surface area contributed by atoms with Gasteiger partial charge >= 0.3 is 11.7 Å². The van der Waals surface area contributed by atoms with Gasteiger partial charge in [0, 0.05) is 0 Å². The summed E-state index contributed by atoms with van der Waals surface area (Å²) in [6.45, 7) is 3.63. The van der Waals surface area contributed by atoms with Crippen molar-refractivity contribution in [3.8, 4) is 6.01 Å². The molecule has 0 radical (unpaired) electrons. The van der Waals surface area contributed by atoms with Crippen LogP contribution in [-0.4, -0.2) is 21.5 Å². The molecule has 7 nitrogen and oxygen atoms in total. The third kappa shape index (κ3) is 1.87. The number of rotatable bonds is 3. The summed E-state index contributed by atoms with van der Waals surface area (Å²) in [4.78, 5) is 17.3. The summed E-state index contributed by atoms with van der Waals surface area (Å²) in [6.07, 6.45) is 0. The Morgan fingerprint density at radius 3 is 2.64 bits per heavy atom. The van der Waals surface area contributed by atoms with Crippen LogP contribution in [0.4, 0.5) is 11.5 Å². The second kappa shape index (κ2) is 3.86. The predicted molar refractivity (Wildman–Crippen MR) is 49.0 cm³/mol. The zero-order valence-corrected chi connectivity index (χ0v) is 7.85. The Balaban J connectivity index is 3.18. The van der Waals surface area contributed by atoms with Crippen molar-refractivity contribution in [2.75, 3.05) is 12.3 Å². The van der Waals surface area contributed by atoms with Crippen molar-refractivity contribution in [3.05, 3.63) is 15.8 Å². The maximum atomic E-state index is 10.5. The lowest BCUT2D eigenvalue weighted by Crippen LogP contribution is -2.06. The third-order valence-electron chi connectivity index (χ3n) is 1.52. The maximum absolute atomic E-state index is 10.5. The molecular weight excluding hydrogens is 188 g/mol. The van der Waals surface area contributed by atoms with E-state index in [9.17, 15) is 10.1 Å². The number of aryl methyl sites for hydroxylation is 1. The molecule has 7 heteroatoms. The smallest absolute Gasteiger partial charge is 0.332 e. The number of nitro groups is 1. The highest BCUT2D eigenvalue weighted by atomic mass is 16.6. The lowest BCUT2D eigenvalue weighted by Gasteiger charge is -2.03. The first-order chi connectivity index (χ1) is 6.56. The van der Waals surface area contributed by atoms with Crippen LogP contribution in [0.1, 0.15) is 12.6 Å². The Morgan fingerprint density at radius 1 is 1.57 bits per heavy atom. The molecule has 1 aromatic rings. The van der Waals surface area contributed by atoms with Gasteiger partial charge < -0.3 is 10.5 Å². The van der Waals surface area contributed by atoms with Crippen molar-refractivity contribution < 1.29 is 9.66 Å². The van der Waals surface area contributed by atoms with Gasteiger partial charge in [-0.05, 0) is 13.8 Å². The Kier molecular flexibility index (Phi) is 2.80. The first-order valence-corrected chi connectivity index (χ1v) is 3.97. The molecule has 0 saturated carbocycles. The predicted octanol–water partition coefficient (Wildman–Crippen LogP) is 0.674. The van der Waals surface area contributed by atoms with Gasteiger partial charge in [-0.3, -0.25) is 10.1 Å². The van der Waals surface area contributed by atoms with Crippen LogP contribution in [0.2, 0.25) is 0 Å². The zero-order chi connectivity index (χ0) is 10.7. The van der Waals surface area contributed by atoms with E-state index in [4.69, 9.17) is 10.5 Å². The number of nitrogens with two attached hydrogens (primary N) is 1. The molecule has 0 unspecified atom stereocenters. The summed E-state index contributed by atoms with van der Waals surface area (Å²) in [5.41, 5.74) is 5.31. The highest BCUT2D eigenvalue weighted by Gasteiger charge is 2.19. The molecular formula is C7H10N4O3. The molecule has 1 rings (SSSR count). The molecule has 1 heterocycles. The van der Waals surface area contributed by atoms with Crippen LogP contribution in [-0.2, 0) is 0 Å². The van der Waals surface area contributed by atoms with Crippen LogP contribution in [0.5, 0.6) is 6.01 Å². The summed E-state index contributed by atoms with van der Waals surface area (Å²) in [6, 6.07) is 0.0631. The SMILES string of the molecule is CCOc1nc(C)c([N+](=O)[O-])c(N)n1. The normalized spacial score (nSPS) is 9.86. The van der Waals surface area contributed by atoms with Crippen LogP contribution >= 0.6 is 0 Å². The molecule has 0 amide bonds. The number of nitrogen functional groups attached to an aromatic ring is 1. The van der Waals surface area contributed by atoms with Crippen molar-refractivity contribution in [1.82, 2.24) is 9.97 Å². The third-order valence-corrected chi connectivity index (χ3v) is 1.52. The van der Waals surface area contributed by atoms with Crippen LogP contribution in [0.3, 0.4) is 0 Å². The highest BCUT2D eigenvalue weighted by Crippen LogP contribution is 2.24. The van der Waals surface area contributed by atoms with Crippen molar-refractivity contribution in [2.24, 2.45) is 0 Å². The van der Waals surface area contributed by atoms with Gasteiger partial charge in [0.1, 0.15) is 5.69 Å². The molecule has 0 aromatic carbocycles. The summed E-state index contributed by atoms with van der Waals surface area (Å²) in [5, 5.41) is 10.5.